The van der Waals surface area contributed by atoms with E-state index in [1.54, 1.807) is 9.80 Å². The van der Waals surface area contributed by atoms with Gasteiger partial charge in [0.05, 0.1) is 12.1 Å². The maximum Gasteiger partial charge on any atom is 0.246 e. The Balaban J connectivity index is 1.80. The van der Waals surface area contributed by atoms with Gasteiger partial charge in [-0.05, 0) is 39.5 Å². The highest BCUT2D eigenvalue weighted by molar-refractivity contribution is 5.97. The smallest absolute Gasteiger partial charge is 0.246 e. The first-order valence-electron chi connectivity index (χ1n) is 7.27. The monoisotopic (exact) mass is 266 g/mol. The molecule has 0 bridgehead atoms. The molecule has 3 fully saturated rings. The summed E-state index contributed by atoms with van der Waals surface area (Å²) in [7, 11) is 0. The fourth-order valence-electron chi connectivity index (χ4n) is 3.58. The van der Waals surface area contributed by atoms with Crippen LogP contribution in [0.4, 0.5) is 0 Å². The normalized spacial score (nSPS) is 39.1. The van der Waals surface area contributed by atoms with Crippen LogP contribution in [0.25, 0.3) is 0 Å². The first-order chi connectivity index (χ1) is 9.02. The zero-order valence-electron chi connectivity index (χ0n) is 11.7. The summed E-state index contributed by atoms with van der Waals surface area (Å²) in [6.07, 6.45) is 3.75. The Labute approximate surface area is 113 Å². The van der Waals surface area contributed by atoms with Gasteiger partial charge < -0.3 is 14.5 Å². The van der Waals surface area contributed by atoms with Crippen LogP contribution in [0.1, 0.15) is 39.5 Å². The molecule has 19 heavy (non-hydrogen) atoms. The third kappa shape index (κ3) is 2.04. The first kappa shape index (κ1) is 12.9. The van der Waals surface area contributed by atoms with Crippen molar-refractivity contribution in [2.75, 3.05) is 19.7 Å². The molecule has 3 rings (SSSR count). The van der Waals surface area contributed by atoms with Crippen LogP contribution in [0.2, 0.25) is 0 Å². The van der Waals surface area contributed by atoms with Crippen molar-refractivity contribution in [3.05, 3.63) is 0 Å². The van der Waals surface area contributed by atoms with Crippen molar-refractivity contribution in [2.45, 2.75) is 57.2 Å². The van der Waals surface area contributed by atoms with Gasteiger partial charge in [0.2, 0.25) is 11.8 Å². The van der Waals surface area contributed by atoms with E-state index in [0.717, 1.165) is 38.8 Å². The average Bonchev–Trinajstić information content (AvgIpc) is 3.01. The SMILES string of the molecule is CC1C(=O)N2CCCC2C(=O)N1CC1(C)CCCO1. The predicted octanol–water partition coefficient (Wildman–Crippen LogP) is 0.777. The van der Waals surface area contributed by atoms with Crippen molar-refractivity contribution in [3.8, 4) is 0 Å². The van der Waals surface area contributed by atoms with Gasteiger partial charge in [0.15, 0.2) is 0 Å². The fraction of sp³-hybridized carbons (Fsp3) is 0.857. The molecule has 106 valence electrons. The molecule has 3 aliphatic heterocycles. The predicted molar refractivity (Wildman–Crippen MR) is 69.5 cm³/mol. The molecule has 3 atom stereocenters. The Kier molecular flexibility index (Phi) is 3.04. The Morgan fingerprint density at radius 2 is 2.11 bits per heavy atom. The molecule has 0 saturated carbocycles. The van der Waals surface area contributed by atoms with Gasteiger partial charge >= 0.3 is 0 Å². The number of nitrogens with zero attached hydrogens (tertiary/aromatic N) is 2. The highest BCUT2D eigenvalue weighted by Crippen LogP contribution is 2.31. The number of amides is 2. The van der Waals surface area contributed by atoms with E-state index in [1.807, 2.05) is 13.8 Å². The minimum Gasteiger partial charge on any atom is -0.373 e. The van der Waals surface area contributed by atoms with E-state index in [2.05, 4.69) is 0 Å². The summed E-state index contributed by atoms with van der Waals surface area (Å²) in [5.74, 6) is 0.213. The molecule has 3 heterocycles. The van der Waals surface area contributed by atoms with Crippen LogP contribution in [0.15, 0.2) is 0 Å². The summed E-state index contributed by atoms with van der Waals surface area (Å²) in [4.78, 5) is 28.4. The van der Waals surface area contributed by atoms with Crippen LogP contribution in [0.3, 0.4) is 0 Å². The molecule has 3 saturated heterocycles. The third-order valence-corrected chi connectivity index (χ3v) is 4.73. The summed E-state index contributed by atoms with van der Waals surface area (Å²) in [6.45, 7) is 5.93. The summed E-state index contributed by atoms with van der Waals surface area (Å²) in [5, 5.41) is 0. The lowest BCUT2D eigenvalue weighted by molar-refractivity contribution is -0.162. The van der Waals surface area contributed by atoms with Crippen LogP contribution in [0, 0.1) is 0 Å². The van der Waals surface area contributed by atoms with Crippen molar-refractivity contribution in [1.29, 1.82) is 0 Å². The lowest BCUT2D eigenvalue weighted by Crippen LogP contribution is -2.64. The lowest BCUT2D eigenvalue weighted by Gasteiger charge is -2.43. The number of hydrogen-bond donors (Lipinski definition) is 0. The van der Waals surface area contributed by atoms with E-state index in [9.17, 15) is 9.59 Å². The van der Waals surface area contributed by atoms with Gasteiger partial charge in [-0.2, -0.15) is 0 Å². The second-order valence-electron chi connectivity index (χ2n) is 6.23. The van der Waals surface area contributed by atoms with Crippen molar-refractivity contribution in [2.24, 2.45) is 0 Å². The van der Waals surface area contributed by atoms with Crippen LogP contribution >= 0.6 is 0 Å². The standard InChI is InChI=1S/C14H22N2O3/c1-10-12(17)15-7-3-5-11(15)13(18)16(10)9-14(2)6-4-8-19-14/h10-11H,3-9H2,1-2H3. The molecular weight excluding hydrogens is 244 g/mol. The average molecular weight is 266 g/mol. The minimum atomic E-state index is -0.345. The minimum absolute atomic E-state index is 0.101. The maximum absolute atomic E-state index is 12.6. The third-order valence-electron chi connectivity index (χ3n) is 4.73. The molecule has 0 aliphatic carbocycles. The van der Waals surface area contributed by atoms with Crippen LogP contribution < -0.4 is 0 Å². The molecular formula is C14H22N2O3. The molecule has 0 aromatic carbocycles. The first-order valence-corrected chi connectivity index (χ1v) is 7.27. The summed E-state index contributed by atoms with van der Waals surface area (Å²) < 4.78 is 5.77. The molecule has 5 heteroatoms. The van der Waals surface area contributed by atoms with Gasteiger partial charge in [-0.1, -0.05) is 0 Å². The number of fused-ring (bicyclic) bond motifs is 1. The van der Waals surface area contributed by atoms with Gasteiger partial charge in [0.25, 0.3) is 0 Å². The number of rotatable bonds is 2. The summed E-state index contributed by atoms with van der Waals surface area (Å²) >= 11 is 0. The lowest BCUT2D eigenvalue weighted by atomic mass is 9.98. The zero-order chi connectivity index (χ0) is 13.6. The van der Waals surface area contributed by atoms with E-state index in [4.69, 9.17) is 4.74 Å². The van der Waals surface area contributed by atoms with Gasteiger partial charge in [-0.15, -0.1) is 0 Å². The quantitative estimate of drug-likeness (QED) is 0.742. The summed E-state index contributed by atoms with van der Waals surface area (Å²) in [6, 6.07) is -0.559. The van der Waals surface area contributed by atoms with Gasteiger partial charge in [0, 0.05) is 13.2 Å². The molecule has 0 aromatic rings. The van der Waals surface area contributed by atoms with E-state index in [1.165, 1.54) is 0 Å². The zero-order valence-corrected chi connectivity index (χ0v) is 11.7. The van der Waals surface area contributed by atoms with E-state index in [0.29, 0.717) is 6.54 Å². The second kappa shape index (κ2) is 4.47. The number of ether oxygens (including phenoxy) is 1. The van der Waals surface area contributed by atoms with Crippen LogP contribution in [0.5, 0.6) is 0 Å². The second-order valence-corrected chi connectivity index (χ2v) is 6.23. The Bertz CT molecular complexity index is 403. The number of piperazine rings is 1. The molecule has 0 aromatic heterocycles. The molecule has 5 nitrogen and oxygen atoms in total. The molecule has 0 N–H and O–H groups in total. The maximum atomic E-state index is 12.6. The number of hydrogen-bond acceptors (Lipinski definition) is 3. The van der Waals surface area contributed by atoms with E-state index < -0.39 is 0 Å². The van der Waals surface area contributed by atoms with Gasteiger partial charge in [0.1, 0.15) is 12.1 Å². The molecule has 3 aliphatic rings. The van der Waals surface area contributed by atoms with Gasteiger partial charge in [-0.3, -0.25) is 9.59 Å². The largest absolute Gasteiger partial charge is 0.373 e. The molecule has 0 spiro atoms. The van der Waals surface area contributed by atoms with Crippen molar-refractivity contribution in [3.63, 3.8) is 0 Å². The number of carbonyl (C=O) groups is 2. The van der Waals surface area contributed by atoms with Crippen LogP contribution in [-0.4, -0.2) is 59.0 Å². The highest BCUT2D eigenvalue weighted by Gasteiger charge is 2.48. The molecule has 0 radical (unpaired) electrons. The van der Waals surface area contributed by atoms with Crippen molar-refractivity contribution >= 4 is 11.8 Å². The Morgan fingerprint density at radius 3 is 2.79 bits per heavy atom. The fourth-order valence-corrected chi connectivity index (χ4v) is 3.58. The molecule has 2 amide bonds. The summed E-state index contributed by atoms with van der Waals surface area (Å²) in [5.41, 5.74) is -0.273. The highest BCUT2D eigenvalue weighted by atomic mass is 16.5. The number of carbonyl (C=O) groups excluding carboxylic acids is 2. The molecule has 3 unspecified atom stereocenters. The Hall–Kier alpha value is -1.10. The topological polar surface area (TPSA) is 49.9 Å². The van der Waals surface area contributed by atoms with E-state index >= 15 is 0 Å². The van der Waals surface area contributed by atoms with Gasteiger partial charge in [-0.25, -0.2) is 0 Å². The van der Waals surface area contributed by atoms with E-state index in [-0.39, 0.29) is 29.5 Å². The van der Waals surface area contributed by atoms with Crippen LogP contribution in [-0.2, 0) is 14.3 Å². The van der Waals surface area contributed by atoms with Crippen molar-refractivity contribution in [1.82, 2.24) is 9.80 Å². The Morgan fingerprint density at radius 1 is 1.32 bits per heavy atom. The van der Waals surface area contributed by atoms with Crippen molar-refractivity contribution < 1.29 is 14.3 Å².